The summed E-state index contributed by atoms with van der Waals surface area (Å²) in [7, 11) is 0. The van der Waals surface area contributed by atoms with Crippen LogP contribution in [0.5, 0.6) is 0 Å². The Morgan fingerprint density at radius 3 is 2.52 bits per heavy atom. The number of hydrogen-bond donors (Lipinski definition) is 0. The van der Waals surface area contributed by atoms with Gasteiger partial charge in [-0.05, 0) is 85.1 Å². The molecular weight excluding hydrogens is 307 g/mol. The van der Waals surface area contributed by atoms with Crippen molar-refractivity contribution >= 4 is 5.57 Å². The first-order valence-corrected chi connectivity index (χ1v) is 10.7. The Balaban J connectivity index is 2.05. The molecule has 0 aliphatic heterocycles. The van der Waals surface area contributed by atoms with Gasteiger partial charge < -0.3 is 0 Å². The van der Waals surface area contributed by atoms with Crippen molar-refractivity contribution in [3.05, 3.63) is 40.5 Å². The third-order valence-corrected chi connectivity index (χ3v) is 6.24. The molecule has 138 valence electrons. The van der Waals surface area contributed by atoms with Crippen molar-refractivity contribution < 1.29 is 4.39 Å². The van der Waals surface area contributed by atoms with Crippen LogP contribution in [0.2, 0.25) is 0 Å². The van der Waals surface area contributed by atoms with Crippen molar-refractivity contribution in [2.75, 3.05) is 6.67 Å². The number of rotatable bonds is 7. The second kappa shape index (κ2) is 9.55. The van der Waals surface area contributed by atoms with Crippen LogP contribution in [0.15, 0.2) is 18.2 Å². The van der Waals surface area contributed by atoms with Gasteiger partial charge in [-0.2, -0.15) is 0 Å². The van der Waals surface area contributed by atoms with E-state index >= 15 is 0 Å². The molecule has 2 aliphatic rings. The first kappa shape index (κ1) is 18.7. The van der Waals surface area contributed by atoms with Gasteiger partial charge >= 0.3 is 0 Å². The molecule has 1 fully saturated rings. The predicted octanol–water partition coefficient (Wildman–Crippen LogP) is 7.55. The van der Waals surface area contributed by atoms with Crippen LogP contribution in [-0.2, 0) is 12.8 Å². The number of benzene rings is 1. The third-order valence-electron chi connectivity index (χ3n) is 6.24. The Labute approximate surface area is 153 Å². The van der Waals surface area contributed by atoms with E-state index in [2.05, 4.69) is 25.1 Å². The first-order valence-electron chi connectivity index (χ1n) is 10.7. The second-order valence-electron chi connectivity index (χ2n) is 8.02. The van der Waals surface area contributed by atoms with Crippen molar-refractivity contribution in [1.29, 1.82) is 0 Å². The minimum Gasteiger partial charge on any atom is -0.251 e. The third kappa shape index (κ3) is 4.54. The Bertz CT molecular complexity index is 578. The van der Waals surface area contributed by atoms with Gasteiger partial charge in [0.2, 0.25) is 0 Å². The maximum absolute atomic E-state index is 13.5. The summed E-state index contributed by atoms with van der Waals surface area (Å²) in [5.74, 6) is 0.672. The van der Waals surface area contributed by atoms with Crippen LogP contribution in [0.25, 0.3) is 5.57 Å². The van der Waals surface area contributed by atoms with Crippen LogP contribution in [0, 0.1) is 0 Å². The zero-order valence-corrected chi connectivity index (χ0v) is 16.1. The Hall–Kier alpha value is -1.11. The molecule has 0 radical (unpaired) electrons. The topological polar surface area (TPSA) is 0 Å². The average molecular weight is 343 g/mol. The number of allylic oxidation sites excluding steroid dienone is 2. The summed E-state index contributed by atoms with van der Waals surface area (Å²) in [6.45, 7) is 2.04. The molecule has 0 atom stereocenters. The van der Waals surface area contributed by atoms with Crippen LogP contribution in [-0.4, -0.2) is 6.67 Å². The van der Waals surface area contributed by atoms with Gasteiger partial charge in [0.1, 0.15) is 0 Å². The van der Waals surface area contributed by atoms with Gasteiger partial charge in [-0.1, -0.05) is 50.8 Å². The highest BCUT2D eigenvalue weighted by Crippen LogP contribution is 2.41. The lowest BCUT2D eigenvalue weighted by molar-refractivity contribution is 0.435. The lowest BCUT2D eigenvalue weighted by Gasteiger charge is -2.29. The van der Waals surface area contributed by atoms with Crippen molar-refractivity contribution in [3.63, 3.8) is 0 Å². The lowest BCUT2D eigenvalue weighted by atomic mass is 9.76. The SMILES string of the molecule is CCCCc1ccc(C2=CCCCC2)c(CCF)c1C1CCCCC1. The fourth-order valence-electron chi connectivity index (χ4n) is 4.95. The molecule has 0 nitrogen and oxygen atoms in total. The van der Waals surface area contributed by atoms with Crippen LogP contribution in [0.3, 0.4) is 0 Å². The van der Waals surface area contributed by atoms with Crippen LogP contribution in [0.4, 0.5) is 4.39 Å². The maximum atomic E-state index is 13.5. The largest absolute Gasteiger partial charge is 0.251 e. The summed E-state index contributed by atoms with van der Waals surface area (Å²) in [6, 6.07) is 4.73. The van der Waals surface area contributed by atoms with E-state index in [0.717, 1.165) is 0 Å². The van der Waals surface area contributed by atoms with E-state index in [1.54, 1.807) is 5.56 Å². The molecule has 0 unspecified atom stereocenters. The van der Waals surface area contributed by atoms with Crippen LogP contribution >= 0.6 is 0 Å². The molecule has 0 spiro atoms. The van der Waals surface area contributed by atoms with Crippen molar-refractivity contribution in [2.24, 2.45) is 0 Å². The van der Waals surface area contributed by atoms with Gasteiger partial charge in [-0.3, -0.25) is 4.39 Å². The first-order chi connectivity index (χ1) is 12.3. The molecule has 0 saturated heterocycles. The maximum Gasteiger partial charge on any atom is 0.0935 e. The number of hydrogen-bond acceptors (Lipinski definition) is 0. The molecule has 1 aromatic rings. The summed E-state index contributed by atoms with van der Waals surface area (Å²) in [6.07, 6.45) is 18.3. The van der Waals surface area contributed by atoms with Crippen molar-refractivity contribution in [2.45, 2.75) is 96.3 Å². The van der Waals surface area contributed by atoms with E-state index in [1.807, 2.05) is 0 Å². The predicted molar refractivity (Wildman–Crippen MR) is 107 cm³/mol. The highest BCUT2D eigenvalue weighted by molar-refractivity contribution is 5.71. The fourth-order valence-corrected chi connectivity index (χ4v) is 4.95. The smallest absolute Gasteiger partial charge is 0.0935 e. The Kier molecular flexibility index (Phi) is 7.13. The van der Waals surface area contributed by atoms with Crippen LogP contribution in [0.1, 0.15) is 106 Å². The molecule has 1 heteroatoms. The van der Waals surface area contributed by atoms with Gasteiger partial charge in [-0.25, -0.2) is 0 Å². The number of alkyl halides is 1. The fraction of sp³-hybridized carbons (Fsp3) is 0.667. The zero-order chi connectivity index (χ0) is 17.5. The number of halogens is 1. The molecule has 25 heavy (non-hydrogen) atoms. The summed E-state index contributed by atoms with van der Waals surface area (Å²) in [4.78, 5) is 0. The molecule has 0 N–H and O–H groups in total. The van der Waals surface area contributed by atoms with Gasteiger partial charge in [0.05, 0.1) is 6.67 Å². The highest BCUT2D eigenvalue weighted by atomic mass is 19.1. The molecule has 2 aliphatic carbocycles. The quantitative estimate of drug-likeness (QED) is 0.480. The lowest BCUT2D eigenvalue weighted by Crippen LogP contribution is -2.13. The molecule has 0 amide bonds. The molecule has 1 aromatic carbocycles. The molecular formula is C24H35F. The summed E-state index contributed by atoms with van der Waals surface area (Å²) < 4.78 is 13.5. The monoisotopic (exact) mass is 342 g/mol. The average Bonchev–Trinajstić information content (AvgIpc) is 2.68. The highest BCUT2D eigenvalue weighted by Gasteiger charge is 2.24. The number of unbranched alkanes of at least 4 members (excludes halogenated alkanes) is 1. The molecule has 1 saturated carbocycles. The Morgan fingerprint density at radius 1 is 1.00 bits per heavy atom. The normalized spacial score (nSPS) is 19.0. The van der Waals surface area contributed by atoms with Crippen molar-refractivity contribution in [1.82, 2.24) is 0 Å². The molecule has 0 aromatic heterocycles. The van der Waals surface area contributed by atoms with Gasteiger partial charge in [-0.15, -0.1) is 0 Å². The summed E-state index contributed by atoms with van der Waals surface area (Å²) in [5.41, 5.74) is 7.34. The second-order valence-corrected chi connectivity index (χ2v) is 8.02. The van der Waals surface area contributed by atoms with E-state index in [1.165, 1.54) is 99.3 Å². The summed E-state index contributed by atoms with van der Waals surface area (Å²) >= 11 is 0. The van der Waals surface area contributed by atoms with Crippen LogP contribution < -0.4 is 0 Å². The van der Waals surface area contributed by atoms with E-state index in [-0.39, 0.29) is 6.67 Å². The van der Waals surface area contributed by atoms with Gasteiger partial charge in [0.15, 0.2) is 0 Å². The van der Waals surface area contributed by atoms with E-state index < -0.39 is 0 Å². The minimum atomic E-state index is -0.225. The van der Waals surface area contributed by atoms with E-state index in [9.17, 15) is 4.39 Å². The minimum absolute atomic E-state index is 0.225. The molecule has 3 rings (SSSR count). The van der Waals surface area contributed by atoms with Crippen molar-refractivity contribution in [3.8, 4) is 0 Å². The molecule has 0 heterocycles. The van der Waals surface area contributed by atoms with Gasteiger partial charge in [0, 0.05) is 6.42 Å². The standard InChI is InChI=1S/C24H35F/c1-2-3-10-21-15-16-22(19-11-6-4-7-12-19)23(17-18-25)24(21)20-13-8-5-9-14-20/h11,15-16,20H,2-10,12-14,17-18H2,1H3. The Morgan fingerprint density at radius 2 is 1.84 bits per heavy atom. The summed E-state index contributed by atoms with van der Waals surface area (Å²) in [5, 5.41) is 0. The van der Waals surface area contributed by atoms with Gasteiger partial charge in [0.25, 0.3) is 0 Å². The zero-order valence-electron chi connectivity index (χ0n) is 16.1. The van der Waals surface area contributed by atoms with E-state index in [0.29, 0.717) is 12.3 Å². The molecule has 0 bridgehead atoms. The number of aryl methyl sites for hydroxylation is 1. The van der Waals surface area contributed by atoms with E-state index in [4.69, 9.17) is 0 Å².